The molecule has 0 amide bonds. The fraction of sp³-hybridized carbons (Fsp3) is 0.200. The standard InChI is InChI=1S/4C5H5.Sn/c4*1-2-4-5-3-1;/h4*1-5H;. The van der Waals surface area contributed by atoms with Crippen LogP contribution in [0.15, 0.2) is 97.2 Å². The predicted molar refractivity (Wildman–Crippen MR) is 93.9 cm³/mol. The van der Waals surface area contributed by atoms with Crippen molar-refractivity contribution >= 4 is 18.4 Å². The second-order valence-electron chi connectivity index (χ2n) is 6.18. The van der Waals surface area contributed by atoms with E-state index in [-0.39, 0.29) is 0 Å². The van der Waals surface area contributed by atoms with Gasteiger partial charge in [0.15, 0.2) is 0 Å². The van der Waals surface area contributed by atoms with Gasteiger partial charge in [0, 0.05) is 0 Å². The fourth-order valence-electron chi connectivity index (χ4n) is 4.39. The summed E-state index contributed by atoms with van der Waals surface area (Å²) < 4.78 is 2.69. The molecular weight excluding hydrogens is 359 g/mol. The summed E-state index contributed by atoms with van der Waals surface area (Å²) in [6, 6.07) is 0. The summed E-state index contributed by atoms with van der Waals surface area (Å²) in [7, 11) is 0. The minimum absolute atomic E-state index is 0.673. The van der Waals surface area contributed by atoms with Gasteiger partial charge in [-0.05, 0) is 0 Å². The molecule has 0 atom stereocenters. The van der Waals surface area contributed by atoms with Crippen LogP contribution in [0.1, 0.15) is 0 Å². The molecule has 0 aromatic heterocycles. The van der Waals surface area contributed by atoms with Crippen LogP contribution < -0.4 is 0 Å². The Morgan fingerprint density at radius 3 is 0.714 bits per heavy atom. The van der Waals surface area contributed by atoms with Gasteiger partial charge in [-0.25, -0.2) is 0 Å². The summed E-state index contributed by atoms with van der Waals surface area (Å²) in [5.74, 6) is 0. The molecule has 0 aromatic carbocycles. The third-order valence-corrected chi connectivity index (χ3v) is 22.9. The Morgan fingerprint density at radius 2 is 0.524 bits per heavy atom. The molecule has 21 heavy (non-hydrogen) atoms. The average Bonchev–Trinajstić information content (AvgIpc) is 3.32. The maximum atomic E-state index is 2.47. The molecule has 0 fully saturated rings. The normalized spacial score (nSPS) is 24.8. The van der Waals surface area contributed by atoms with Crippen LogP contribution in [0.4, 0.5) is 0 Å². The van der Waals surface area contributed by atoms with E-state index in [1.54, 1.807) is 0 Å². The topological polar surface area (TPSA) is 0 Å². The molecule has 0 saturated heterocycles. The molecule has 0 unspecified atom stereocenters. The Morgan fingerprint density at radius 1 is 0.333 bits per heavy atom. The van der Waals surface area contributed by atoms with Crippen molar-refractivity contribution < 1.29 is 0 Å². The first-order valence-electron chi connectivity index (χ1n) is 7.82. The van der Waals surface area contributed by atoms with Crippen LogP contribution in [0.2, 0.25) is 15.7 Å². The van der Waals surface area contributed by atoms with Gasteiger partial charge in [-0.15, -0.1) is 0 Å². The monoisotopic (exact) mass is 380 g/mol. The van der Waals surface area contributed by atoms with E-state index in [1.165, 1.54) is 0 Å². The second-order valence-corrected chi connectivity index (χ2v) is 19.5. The SMILES string of the molecule is C1=C[CH]([Sn]([CH]2C=CC=C2)([CH]2C=CC=C2)[CH]2C=CC=C2)C=C1. The van der Waals surface area contributed by atoms with Crippen LogP contribution in [-0.4, -0.2) is 18.4 Å². The van der Waals surface area contributed by atoms with E-state index < -0.39 is 18.4 Å². The van der Waals surface area contributed by atoms with Crippen molar-refractivity contribution in [3.63, 3.8) is 0 Å². The summed E-state index contributed by atoms with van der Waals surface area (Å²) in [6.07, 6.45) is 37.8. The molecule has 0 spiro atoms. The van der Waals surface area contributed by atoms with Gasteiger partial charge >= 0.3 is 131 Å². The van der Waals surface area contributed by atoms with E-state index in [0.717, 1.165) is 0 Å². The van der Waals surface area contributed by atoms with Crippen molar-refractivity contribution in [1.82, 2.24) is 0 Å². The van der Waals surface area contributed by atoms with Gasteiger partial charge in [0.1, 0.15) is 0 Å². The van der Waals surface area contributed by atoms with E-state index in [1.807, 2.05) is 0 Å². The molecule has 0 saturated carbocycles. The molecule has 0 aromatic rings. The van der Waals surface area contributed by atoms with E-state index in [2.05, 4.69) is 97.2 Å². The summed E-state index contributed by atoms with van der Waals surface area (Å²) in [4.78, 5) is 0. The quantitative estimate of drug-likeness (QED) is 0.573. The molecule has 0 nitrogen and oxygen atoms in total. The molecule has 0 bridgehead atoms. The zero-order valence-corrected chi connectivity index (χ0v) is 14.9. The summed E-state index contributed by atoms with van der Waals surface area (Å²) in [5, 5.41) is 0. The average molecular weight is 379 g/mol. The molecule has 4 rings (SSSR count). The van der Waals surface area contributed by atoms with E-state index in [9.17, 15) is 0 Å². The molecule has 0 radical (unpaired) electrons. The molecule has 4 aliphatic rings. The van der Waals surface area contributed by atoms with Crippen molar-refractivity contribution in [2.75, 3.05) is 0 Å². The second kappa shape index (κ2) is 5.49. The van der Waals surface area contributed by atoms with Crippen molar-refractivity contribution in [3.05, 3.63) is 97.2 Å². The Hall–Kier alpha value is -1.28. The van der Waals surface area contributed by atoms with Crippen LogP contribution in [0.3, 0.4) is 0 Å². The molecule has 104 valence electrons. The Balaban J connectivity index is 1.88. The number of allylic oxidation sites excluding steroid dienone is 16. The Kier molecular flexibility index (Phi) is 3.50. The van der Waals surface area contributed by atoms with Crippen molar-refractivity contribution in [2.45, 2.75) is 15.7 Å². The van der Waals surface area contributed by atoms with Crippen LogP contribution in [-0.2, 0) is 0 Å². The van der Waals surface area contributed by atoms with Gasteiger partial charge in [-0.3, -0.25) is 0 Å². The summed E-state index contributed by atoms with van der Waals surface area (Å²) in [5.41, 5.74) is 0. The van der Waals surface area contributed by atoms with Crippen LogP contribution >= 0.6 is 0 Å². The van der Waals surface area contributed by atoms with Gasteiger partial charge in [0.2, 0.25) is 0 Å². The van der Waals surface area contributed by atoms with Gasteiger partial charge in [0.25, 0.3) is 0 Å². The van der Waals surface area contributed by atoms with Crippen molar-refractivity contribution in [2.24, 2.45) is 0 Å². The van der Waals surface area contributed by atoms with Crippen molar-refractivity contribution in [1.29, 1.82) is 0 Å². The molecule has 0 N–H and O–H groups in total. The molecule has 1 heteroatoms. The van der Waals surface area contributed by atoms with E-state index in [4.69, 9.17) is 0 Å². The summed E-state index contributed by atoms with van der Waals surface area (Å²) >= 11 is -2.72. The van der Waals surface area contributed by atoms with Crippen molar-refractivity contribution in [3.8, 4) is 0 Å². The first kappa shape index (κ1) is 13.4. The molecule has 4 aliphatic carbocycles. The Bertz CT molecular complexity index is 486. The first-order chi connectivity index (χ1) is 10.4. The van der Waals surface area contributed by atoms with Gasteiger partial charge in [0.05, 0.1) is 0 Å². The Labute approximate surface area is 131 Å². The molecule has 0 aliphatic heterocycles. The third kappa shape index (κ3) is 2.03. The maximum absolute atomic E-state index is 2.72. The number of hydrogen-bond donors (Lipinski definition) is 0. The van der Waals surface area contributed by atoms with Crippen LogP contribution in [0.25, 0.3) is 0 Å². The minimum atomic E-state index is -2.72. The number of hydrogen-bond acceptors (Lipinski definition) is 0. The first-order valence-corrected chi connectivity index (χ1v) is 14.4. The van der Waals surface area contributed by atoms with Gasteiger partial charge < -0.3 is 0 Å². The zero-order chi connectivity index (χ0) is 14.1. The molecular formula is C20H20Sn. The predicted octanol–water partition coefficient (Wildman–Crippen LogP) is 5.42. The van der Waals surface area contributed by atoms with Crippen LogP contribution in [0, 0.1) is 0 Å². The van der Waals surface area contributed by atoms with Gasteiger partial charge in [-0.1, -0.05) is 0 Å². The van der Waals surface area contributed by atoms with Crippen LogP contribution in [0.5, 0.6) is 0 Å². The van der Waals surface area contributed by atoms with E-state index in [0.29, 0.717) is 15.7 Å². The number of rotatable bonds is 4. The third-order valence-electron chi connectivity index (χ3n) is 5.30. The van der Waals surface area contributed by atoms with E-state index >= 15 is 0 Å². The summed E-state index contributed by atoms with van der Waals surface area (Å²) in [6.45, 7) is 0. The molecule has 0 heterocycles. The fourth-order valence-corrected chi connectivity index (χ4v) is 22.2. The zero-order valence-electron chi connectivity index (χ0n) is 12.0. The van der Waals surface area contributed by atoms with Gasteiger partial charge in [-0.2, -0.15) is 0 Å².